The molecule has 0 atom stereocenters. The van der Waals surface area contributed by atoms with Crippen molar-refractivity contribution < 1.29 is 4.84 Å². The van der Waals surface area contributed by atoms with Crippen LogP contribution in [0, 0.1) is 13.8 Å². The zero-order valence-corrected chi connectivity index (χ0v) is 9.05. The van der Waals surface area contributed by atoms with E-state index in [1.165, 1.54) is 16.7 Å². The second-order valence-electron chi connectivity index (χ2n) is 3.76. The van der Waals surface area contributed by atoms with Crippen LogP contribution in [0.2, 0.25) is 0 Å². The Morgan fingerprint density at radius 3 is 2.64 bits per heavy atom. The number of hydrogen-bond donors (Lipinski definition) is 1. The van der Waals surface area contributed by atoms with Gasteiger partial charge in [0.1, 0.15) is 0 Å². The van der Waals surface area contributed by atoms with E-state index < -0.39 is 0 Å². The maximum Gasteiger partial charge on any atom is 0.0679 e. The summed E-state index contributed by atoms with van der Waals surface area (Å²) in [5.74, 6) is 4.96. The molecule has 0 heterocycles. The monoisotopic (exact) mass is 193 g/mol. The van der Waals surface area contributed by atoms with Crippen LogP contribution in [-0.2, 0) is 11.3 Å². The van der Waals surface area contributed by atoms with Gasteiger partial charge >= 0.3 is 0 Å². The van der Waals surface area contributed by atoms with E-state index in [4.69, 9.17) is 5.90 Å². The number of unbranched alkanes of at least 4 members (excludes halogenated alkanes) is 1. The standard InChI is InChI=1S/C12H19NO/c1-10-6-7-12(11(2)9-10)5-3-4-8-14-13/h6-7,9H,3-5,8,13H2,1-2H3. The Kier molecular flexibility index (Phi) is 4.63. The van der Waals surface area contributed by atoms with Crippen molar-refractivity contribution in [2.45, 2.75) is 33.1 Å². The van der Waals surface area contributed by atoms with Gasteiger partial charge in [-0.15, -0.1) is 0 Å². The smallest absolute Gasteiger partial charge is 0.0679 e. The van der Waals surface area contributed by atoms with Gasteiger partial charge in [0.25, 0.3) is 0 Å². The highest BCUT2D eigenvalue weighted by Gasteiger charge is 1.98. The van der Waals surface area contributed by atoms with Gasteiger partial charge in [-0.1, -0.05) is 23.8 Å². The van der Waals surface area contributed by atoms with Crippen LogP contribution in [0.15, 0.2) is 18.2 Å². The van der Waals surface area contributed by atoms with E-state index in [9.17, 15) is 0 Å². The molecule has 0 aromatic heterocycles. The Hall–Kier alpha value is -0.860. The molecule has 0 aliphatic carbocycles. The molecule has 0 aliphatic heterocycles. The van der Waals surface area contributed by atoms with Crippen molar-refractivity contribution in [3.63, 3.8) is 0 Å². The Labute approximate surface area is 86.0 Å². The lowest BCUT2D eigenvalue weighted by atomic mass is 10.0. The summed E-state index contributed by atoms with van der Waals surface area (Å²) < 4.78 is 0. The van der Waals surface area contributed by atoms with Crippen LogP contribution in [0.4, 0.5) is 0 Å². The number of nitrogens with two attached hydrogens (primary N) is 1. The maximum absolute atomic E-state index is 4.96. The van der Waals surface area contributed by atoms with Gasteiger partial charge in [-0.3, -0.25) is 0 Å². The third kappa shape index (κ3) is 3.48. The molecule has 1 aromatic carbocycles. The van der Waals surface area contributed by atoms with Gasteiger partial charge in [0.05, 0.1) is 6.61 Å². The van der Waals surface area contributed by atoms with E-state index in [2.05, 4.69) is 36.9 Å². The predicted octanol–water partition coefficient (Wildman–Crippen LogP) is 2.52. The van der Waals surface area contributed by atoms with Gasteiger partial charge in [0.2, 0.25) is 0 Å². The van der Waals surface area contributed by atoms with E-state index in [1.807, 2.05) is 0 Å². The van der Waals surface area contributed by atoms with E-state index >= 15 is 0 Å². The largest absolute Gasteiger partial charge is 0.305 e. The average Bonchev–Trinajstić information content (AvgIpc) is 2.15. The Morgan fingerprint density at radius 1 is 1.21 bits per heavy atom. The minimum absolute atomic E-state index is 0.658. The van der Waals surface area contributed by atoms with E-state index in [0.717, 1.165) is 19.3 Å². The van der Waals surface area contributed by atoms with Crippen molar-refractivity contribution in [2.75, 3.05) is 6.61 Å². The first-order valence-corrected chi connectivity index (χ1v) is 5.12. The Morgan fingerprint density at radius 2 is 2.00 bits per heavy atom. The minimum atomic E-state index is 0.658. The van der Waals surface area contributed by atoms with Gasteiger partial charge in [-0.25, -0.2) is 5.90 Å². The zero-order chi connectivity index (χ0) is 10.4. The molecule has 78 valence electrons. The van der Waals surface area contributed by atoms with Crippen LogP contribution >= 0.6 is 0 Å². The highest BCUT2D eigenvalue weighted by atomic mass is 16.6. The summed E-state index contributed by atoms with van der Waals surface area (Å²) in [6.45, 7) is 4.95. The molecule has 0 saturated heterocycles. The Bertz CT molecular complexity index is 284. The average molecular weight is 193 g/mol. The number of benzene rings is 1. The molecule has 2 heteroatoms. The van der Waals surface area contributed by atoms with Crippen LogP contribution in [0.1, 0.15) is 29.5 Å². The Balaban J connectivity index is 2.42. The molecule has 1 rings (SSSR count). The van der Waals surface area contributed by atoms with Crippen molar-refractivity contribution in [3.05, 3.63) is 34.9 Å². The molecule has 2 nitrogen and oxygen atoms in total. The van der Waals surface area contributed by atoms with E-state index in [-0.39, 0.29) is 0 Å². The molecule has 0 amide bonds. The fourth-order valence-electron chi connectivity index (χ4n) is 1.63. The fourth-order valence-corrected chi connectivity index (χ4v) is 1.63. The second kappa shape index (κ2) is 5.78. The molecule has 0 spiro atoms. The van der Waals surface area contributed by atoms with Crippen LogP contribution < -0.4 is 5.90 Å². The van der Waals surface area contributed by atoms with Gasteiger partial charge in [0, 0.05) is 0 Å². The molecule has 1 aromatic rings. The summed E-state index contributed by atoms with van der Waals surface area (Å²) >= 11 is 0. The van der Waals surface area contributed by atoms with Gasteiger partial charge in [-0.05, 0) is 44.2 Å². The zero-order valence-electron chi connectivity index (χ0n) is 9.05. The summed E-state index contributed by atoms with van der Waals surface area (Å²) in [6.07, 6.45) is 3.29. The quantitative estimate of drug-likeness (QED) is 0.576. The minimum Gasteiger partial charge on any atom is -0.305 e. The fraction of sp³-hybridized carbons (Fsp3) is 0.500. The van der Waals surface area contributed by atoms with Gasteiger partial charge in [-0.2, -0.15) is 0 Å². The summed E-state index contributed by atoms with van der Waals surface area (Å²) in [7, 11) is 0. The molecule has 0 unspecified atom stereocenters. The molecular formula is C12H19NO. The first-order chi connectivity index (χ1) is 6.74. The van der Waals surface area contributed by atoms with Crippen LogP contribution in [0.3, 0.4) is 0 Å². The number of aryl methyl sites for hydroxylation is 3. The van der Waals surface area contributed by atoms with Gasteiger partial charge < -0.3 is 4.84 Å². The molecular weight excluding hydrogens is 174 g/mol. The SMILES string of the molecule is Cc1ccc(CCCCON)c(C)c1. The highest BCUT2D eigenvalue weighted by Crippen LogP contribution is 2.13. The van der Waals surface area contributed by atoms with E-state index in [1.54, 1.807) is 0 Å². The summed E-state index contributed by atoms with van der Waals surface area (Å²) in [4.78, 5) is 4.53. The van der Waals surface area contributed by atoms with Crippen molar-refractivity contribution in [1.29, 1.82) is 0 Å². The predicted molar refractivity (Wildman–Crippen MR) is 59.0 cm³/mol. The lowest BCUT2D eigenvalue weighted by Crippen LogP contribution is -2.01. The first kappa shape index (κ1) is 11.2. The normalized spacial score (nSPS) is 10.5. The third-order valence-electron chi connectivity index (χ3n) is 2.46. The summed E-state index contributed by atoms with van der Waals surface area (Å²) in [5, 5.41) is 0. The molecule has 0 bridgehead atoms. The van der Waals surface area contributed by atoms with Crippen LogP contribution in [0.5, 0.6) is 0 Å². The topological polar surface area (TPSA) is 35.2 Å². The lowest BCUT2D eigenvalue weighted by molar-refractivity contribution is 0.134. The van der Waals surface area contributed by atoms with Crippen molar-refractivity contribution >= 4 is 0 Å². The summed E-state index contributed by atoms with van der Waals surface area (Å²) in [6, 6.07) is 6.62. The summed E-state index contributed by atoms with van der Waals surface area (Å²) in [5.41, 5.74) is 4.16. The molecule has 2 N–H and O–H groups in total. The molecule has 14 heavy (non-hydrogen) atoms. The maximum atomic E-state index is 4.96. The number of rotatable bonds is 5. The van der Waals surface area contributed by atoms with Crippen molar-refractivity contribution in [2.24, 2.45) is 5.90 Å². The van der Waals surface area contributed by atoms with Crippen LogP contribution in [-0.4, -0.2) is 6.61 Å². The molecule has 0 radical (unpaired) electrons. The van der Waals surface area contributed by atoms with Crippen molar-refractivity contribution in [3.8, 4) is 0 Å². The second-order valence-corrected chi connectivity index (χ2v) is 3.76. The molecule has 0 aliphatic rings. The van der Waals surface area contributed by atoms with Gasteiger partial charge in [0.15, 0.2) is 0 Å². The lowest BCUT2D eigenvalue weighted by Gasteiger charge is -2.06. The van der Waals surface area contributed by atoms with Crippen LogP contribution in [0.25, 0.3) is 0 Å². The number of hydrogen-bond acceptors (Lipinski definition) is 2. The third-order valence-corrected chi connectivity index (χ3v) is 2.46. The molecule has 0 fully saturated rings. The first-order valence-electron chi connectivity index (χ1n) is 5.12. The van der Waals surface area contributed by atoms with Crippen molar-refractivity contribution in [1.82, 2.24) is 0 Å². The van der Waals surface area contributed by atoms with E-state index in [0.29, 0.717) is 6.61 Å². The molecule has 0 saturated carbocycles. The highest BCUT2D eigenvalue weighted by molar-refractivity contribution is 5.30.